The molecule has 1 aromatic heterocycles. The predicted molar refractivity (Wildman–Crippen MR) is 93.6 cm³/mol. The molecule has 24 heavy (non-hydrogen) atoms. The molecule has 2 aromatic rings. The summed E-state index contributed by atoms with van der Waals surface area (Å²) in [7, 11) is 1.93. The normalized spacial score (nSPS) is 25.9. The van der Waals surface area contributed by atoms with Crippen molar-refractivity contribution in [3.63, 3.8) is 0 Å². The Morgan fingerprint density at radius 2 is 2.12 bits per heavy atom. The van der Waals surface area contributed by atoms with E-state index in [0.717, 1.165) is 38.6 Å². The van der Waals surface area contributed by atoms with E-state index in [1.165, 1.54) is 11.1 Å². The maximum atomic E-state index is 12.9. The van der Waals surface area contributed by atoms with Crippen LogP contribution in [0.4, 0.5) is 0 Å². The molecule has 126 valence electrons. The van der Waals surface area contributed by atoms with Crippen molar-refractivity contribution >= 4 is 5.91 Å². The number of amides is 1. The molecule has 2 heterocycles. The van der Waals surface area contributed by atoms with Crippen LogP contribution in [0.25, 0.3) is 0 Å². The lowest BCUT2D eigenvalue weighted by Gasteiger charge is -2.25. The largest absolute Gasteiger partial charge is 0.339 e. The van der Waals surface area contributed by atoms with Gasteiger partial charge in [-0.2, -0.15) is 5.10 Å². The molecule has 1 amide bonds. The lowest BCUT2D eigenvalue weighted by Crippen LogP contribution is -2.37. The first kappa shape index (κ1) is 15.4. The quantitative estimate of drug-likeness (QED) is 0.848. The molecule has 2 aliphatic rings. The topological polar surface area (TPSA) is 38.1 Å². The second kappa shape index (κ2) is 6.42. The van der Waals surface area contributed by atoms with Crippen molar-refractivity contribution in [3.8, 4) is 0 Å². The lowest BCUT2D eigenvalue weighted by molar-refractivity contribution is -0.133. The van der Waals surface area contributed by atoms with Crippen LogP contribution in [0, 0.1) is 5.92 Å². The molecule has 0 bridgehead atoms. The van der Waals surface area contributed by atoms with Crippen molar-refractivity contribution in [2.45, 2.75) is 44.1 Å². The lowest BCUT2D eigenvalue weighted by atomic mass is 10.0. The van der Waals surface area contributed by atoms with E-state index >= 15 is 0 Å². The van der Waals surface area contributed by atoms with E-state index in [-0.39, 0.29) is 5.92 Å². The van der Waals surface area contributed by atoms with E-state index in [1.807, 2.05) is 17.9 Å². The van der Waals surface area contributed by atoms with E-state index in [1.54, 1.807) is 0 Å². The summed E-state index contributed by atoms with van der Waals surface area (Å²) in [6.45, 7) is 0.939. The second-order valence-corrected chi connectivity index (χ2v) is 7.25. The number of hydrogen-bond acceptors (Lipinski definition) is 2. The van der Waals surface area contributed by atoms with Crippen molar-refractivity contribution in [1.82, 2.24) is 14.7 Å². The molecule has 4 heteroatoms. The maximum absolute atomic E-state index is 12.9. The van der Waals surface area contributed by atoms with Crippen LogP contribution in [0.1, 0.15) is 42.7 Å². The van der Waals surface area contributed by atoms with E-state index in [9.17, 15) is 4.79 Å². The molecule has 0 unspecified atom stereocenters. The Labute approximate surface area is 143 Å². The van der Waals surface area contributed by atoms with Gasteiger partial charge in [0.2, 0.25) is 5.91 Å². The highest BCUT2D eigenvalue weighted by molar-refractivity contribution is 5.83. The summed E-state index contributed by atoms with van der Waals surface area (Å²) in [5, 5.41) is 4.24. The molecular formula is C20H25N3O. The molecule has 1 saturated carbocycles. The summed E-state index contributed by atoms with van der Waals surface area (Å²) in [4.78, 5) is 15.1. The first-order valence-corrected chi connectivity index (χ1v) is 9.05. The Kier molecular flexibility index (Phi) is 4.13. The Bertz CT molecular complexity index is 709. The first-order chi connectivity index (χ1) is 11.7. The number of rotatable bonds is 5. The van der Waals surface area contributed by atoms with Gasteiger partial charge in [0.1, 0.15) is 0 Å². The highest BCUT2D eigenvalue weighted by Gasteiger charge is 2.47. The molecule has 2 fully saturated rings. The average Bonchev–Trinajstić information content (AvgIpc) is 3.05. The number of aromatic nitrogens is 2. The number of benzene rings is 1. The Balaban J connectivity index is 1.35. The number of carbonyl (C=O) groups excluding carboxylic acids is 1. The SMILES string of the molecule is Cn1cc([C@@H]2C[C@H]2C(=O)N2CCC[C@H]2CCc2ccccc2)cn1. The monoisotopic (exact) mass is 323 g/mol. The van der Waals surface area contributed by atoms with Gasteiger partial charge in [-0.25, -0.2) is 0 Å². The zero-order valence-corrected chi connectivity index (χ0v) is 14.3. The zero-order valence-electron chi connectivity index (χ0n) is 14.3. The van der Waals surface area contributed by atoms with Crippen LogP contribution in [0.3, 0.4) is 0 Å². The van der Waals surface area contributed by atoms with Gasteiger partial charge >= 0.3 is 0 Å². The minimum Gasteiger partial charge on any atom is -0.339 e. The van der Waals surface area contributed by atoms with Gasteiger partial charge in [0.05, 0.1) is 6.20 Å². The maximum Gasteiger partial charge on any atom is 0.226 e. The van der Waals surface area contributed by atoms with Crippen LogP contribution in [0.15, 0.2) is 42.7 Å². The van der Waals surface area contributed by atoms with Crippen molar-refractivity contribution in [1.29, 1.82) is 0 Å². The Morgan fingerprint density at radius 1 is 1.29 bits per heavy atom. The number of hydrogen-bond donors (Lipinski definition) is 0. The van der Waals surface area contributed by atoms with E-state index in [2.05, 4.69) is 46.5 Å². The zero-order chi connectivity index (χ0) is 16.5. The minimum absolute atomic E-state index is 0.187. The fourth-order valence-electron chi connectivity index (χ4n) is 4.08. The summed E-state index contributed by atoms with van der Waals surface area (Å²) in [5.41, 5.74) is 2.59. The molecule has 0 radical (unpaired) electrons. The van der Waals surface area contributed by atoms with Crippen LogP contribution in [0.5, 0.6) is 0 Å². The second-order valence-electron chi connectivity index (χ2n) is 7.25. The molecular weight excluding hydrogens is 298 g/mol. The third-order valence-electron chi connectivity index (χ3n) is 5.53. The third-order valence-corrected chi connectivity index (χ3v) is 5.53. The van der Waals surface area contributed by atoms with Crippen molar-refractivity contribution < 1.29 is 4.79 Å². The Morgan fingerprint density at radius 3 is 2.88 bits per heavy atom. The first-order valence-electron chi connectivity index (χ1n) is 9.05. The summed E-state index contributed by atoms with van der Waals surface area (Å²) < 4.78 is 1.83. The number of nitrogens with zero attached hydrogens (tertiary/aromatic N) is 3. The summed E-state index contributed by atoms with van der Waals surface area (Å²) in [5.74, 6) is 0.951. The van der Waals surface area contributed by atoms with Crippen molar-refractivity contribution in [2.24, 2.45) is 13.0 Å². The standard InChI is InChI=1S/C20H25N3O/c1-22-14-16(13-21-22)18-12-19(18)20(24)23-11-5-8-17(23)10-9-15-6-3-2-4-7-15/h2-4,6-7,13-14,17-19H,5,8-12H2,1H3/t17-,18-,19+/m0/s1. The van der Waals surface area contributed by atoms with Gasteiger partial charge in [0, 0.05) is 31.7 Å². The molecule has 1 aliphatic carbocycles. The average molecular weight is 323 g/mol. The van der Waals surface area contributed by atoms with Crippen LogP contribution < -0.4 is 0 Å². The van der Waals surface area contributed by atoms with Gasteiger partial charge in [-0.1, -0.05) is 30.3 Å². The van der Waals surface area contributed by atoms with E-state index < -0.39 is 0 Å². The molecule has 1 saturated heterocycles. The predicted octanol–water partition coefficient (Wildman–Crippen LogP) is 3.15. The smallest absolute Gasteiger partial charge is 0.226 e. The number of aryl methyl sites for hydroxylation is 2. The van der Waals surface area contributed by atoms with Gasteiger partial charge < -0.3 is 4.90 Å². The molecule has 3 atom stereocenters. The van der Waals surface area contributed by atoms with Gasteiger partial charge in [-0.05, 0) is 49.1 Å². The highest BCUT2D eigenvalue weighted by Crippen LogP contribution is 2.49. The summed E-state index contributed by atoms with van der Waals surface area (Å²) in [6.07, 6.45) is 9.40. The van der Waals surface area contributed by atoms with Gasteiger partial charge in [-0.3, -0.25) is 9.48 Å². The third kappa shape index (κ3) is 3.10. The highest BCUT2D eigenvalue weighted by atomic mass is 16.2. The van der Waals surface area contributed by atoms with Crippen LogP contribution in [-0.4, -0.2) is 33.2 Å². The summed E-state index contributed by atoms with van der Waals surface area (Å²) >= 11 is 0. The van der Waals surface area contributed by atoms with Gasteiger partial charge in [0.25, 0.3) is 0 Å². The molecule has 4 rings (SSSR count). The van der Waals surface area contributed by atoms with E-state index in [4.69, 9.17) is 0 Å². The van der Waals surface area contributed by atoms with Crippen LogP contribution >= 0.6 is 0 Å². The van der Waals surface area contributed by atoms with Gasteiger partial charge in [-0.15, -0.1) is 0 Å². The van der Waals surface area contributed by atoms with Crippen molar-refractivity contribution in [2.75, 3.05) is 6.54 Å². The Hall–Kier alpha value is -2.10. The number of carbonyl (C=O) groups is 1. The van der Waals surface area contributed by atoms with Crippen LogP contribution in [0.2, 0.25) is 0 Å². The van der Waals surface area contributed by atoms with E-state index in [0.29, 0.717) is 17.9 Å². The fraction of sp³-hybridized carbons (Fsp3) is 0.500. The molecule has 0 N–H and O–H groups in total. The summed E-state index contributed by atoms with van der Waals surface area (Å²) in [6, 6.07) is 11.0. The minimum atomic E-state index is 0.187. The number of likely N-dealkylation sites (tertiary alicyclic amines) is 1. The van der Waals surface area contributed by atoms with Crippen LogP contribution in [-0.2, 0) is 18.3 Å². The molecule has 1 aromatic carbocycles. The van der Waals surface area contributed by atoms with Crippen molar-refractivity contribution in [3.05, 3.63) is 53.9 Å². The molecule has 4 nitrogen and oxygen atoms in total. The molecule has 0 spiro atoms. The van der Waals surface area contributed by atoms with Gasteiger partial charge in [0.15, 0.2) is 0 Å². The fourth-order valence-corrected chi connectivity index (χ4v) is 4.08. The molecule has 1 aliphatic heterocycles.